The van der Waals surface area contributed by atoms with E-state index in [1.807, 2.05) is 27.7 Å². The molecule has 1 aromatic carbocycles. The Labute approximate surface area is 149 Å². The Kier molecular flexibility index (Phi) is 5.03. The maximum atomic E-state index is 14.3. The van der Waals surface area contributed by atoms with E-state index in [4.69, 9.17) is 0 Å². The Morgan fingerprint density at radius 3 is 2.24 bits per heavy atom. The van der Waals surface area contributed by atoms with Crippen molar-refractivity contribution in [2.24, 2.45) is 0 Å². The average Bonchev–Trinajstić information content (AvgIpc) is 2.48. The normalized spacial score (nSPS) is 12.2. The summed E-state index contributed by atoms with van der Waals surface area (Å²) in [4.78, 5) is 16.9. The second-order valence-corrected chi connectivity index (χ2v) is 8.53. The number of rotatable bonds is 2. The van der Waals surface area contributed by atoms with Gasteiger partial charge in [0.15, 0.2) is 0 Å². The lowest BCUT2D eigenvalue weighted by Gasteiger charge is -2.23. The van der Waals surface area contributed by atoms with Gasteiger partial charge < -0.3 is 5.32 Å². The number of nitrogens with zero attached hydrogens (tertiary/aromatic N) is 1. The minimum absolute atomic E-state index is 0.132. The quantitative estimate of drug-likeness (QED) is 0.796. The van der Waals surface area contributed by atoms with Gasteiger partial charge in [0.1, 0.15) is 5.82 Å². The molecule has 0 aliphatic carbocycles. The first kappa shape index (κ1) is 19.1. The summed E-state index contributed by atoms with van der Waals surface area (Å²) in [6.07, 6.45) is 1.61. The number of halogens is 1. The number of hydrogen-bond acceptors (Lipinski definition) is 2. The molecule has 0 saturated carbocycles. The molecule has 0 spiro atoms. The van der Waals surface area contributed by atoms with Crippen LogP contribution < -0.4 is 5.32 Å². The van der Waals surface area contributed by atoms with Crippen LogP contribution in [0.1, 0.15) is 68.7 Å². The van der Waals surface area contributed by atoms with Crippen molar-refractivity contribution >= 4 is 11.6 Å². The number of aryl methyl sites for hydroxylation is 1. The van der Waals surface area contributed by atoms with E-state index in [1.54, 1.807) is 24.4 Å². The number of benzene rings is 1. The van der Waals surface area contributed by atoms with Gasteiger partial charge in [-0.1, -0.05) is 41.5 Å². The molecule has 2 aromatic rings. The third-order valence-corrected chi connectivity index (χ3v) is 4.16. The fraction of sp³-hybridized carbons (Fsp3) is 0.429. The van der Waals surface area contributed by atoms with Gasteiger partial charge in [0.05, 0.1) is 5.69 Å². The standard InChI is InChI=1S/C21H27FN2O/c1-13-10-16(22)17(12-15(13)20(2,3)4)24-19(25)14-8-9-23-18(11-14)21(5,6)7/h8-12H,1-7H3,(H,24,25). The van der Waals surface area contributed by atoms with Gasteiger partial charge in [-0.25, -0.2) is 4.39 Å². The Morgan fingerprint density at radius 2 is 1.68 bits per heavy atom. The summed E-state index contributed by atoms with van der Waals surface area (Å²) < 4.78 is 14.3. The largest absolute Gasteiger partial charge is 0.319 e. The first-order chi connectivity index (χ1) is 11.4. The number of nitrogens with one attached hydrogen (secondary N) is 1. The molecule has 0 fully saturated rings. The monoisotopic (exact) mass is 342 g/mol. The average molecular weight is 342 g/mol. The molecule has 1 heterocycles. The Hall–Kier alpha value is -2.23. The summed E-state index contributed by atoms with van der Waals surface area (Å²) in [7, 11) is 0. The summed E-state index contributed by atoms with van der Waals surface area (Å²) in [5.74, 6) is -0.764. The van der Waals surface area contributed by atoms with Gasteiger partial charge in [-0.05, 0) is 47.7 Å². The Morgan fingerprint density at radius 1 is 1.04 bits per heavy atom. The Balaban J connectivity index is 2.36. The molecule has 2 rings (SSSR count). The molecule has 1 N–H and O–H groups in total. The summed E-state index contributed by atoms with van der Waals surface area (Å²) in [6.45, 7) is 14.2. The highest BCUT2D eigenvalue weighted by Gasteiger charge is 2.21. The van der Waals surface area contributed by atoms with Crippen molar-refractivity contribution in [3.63, 3.8) is 0 Å². The van der Waals surface area contributed by atoms with Gasteiger partial charge in [-0.2, -0.15) is 0 Å². The highest BCUT2D eigenvalue weighted by atomic mass is 19.1. The van der Waals surface area contributed by atoms with Crippen LogP contribution in [0.2, 0.25) is 0 Å². The molecule has 0 aliphatic heterocycles. The molecule has 25 heavy (non-hydrogen) atoms. The summed E-state index contributed by atoms with van der Waals surface area (Å²) in [6, 6.07) is 6.60. The van der Waals surface area contributed by atoms with Crippen LogP contribution in [-0.2, 0) is 10.8 Å². The van der Waals surface area contributed by atoms with Gasteiger partial charge in [0.25, 0.3) is 5.91 Å². The van der Waals surface area contributed by atoms with Crippen LogP contribution in [0.15, 0.2) is 30.5 Å². The molecule has 0 atom stereocenters. The van der Waals surface area contributed by atoms with E-state index in [1.165, 1.54) is 6.07 Å². The van der Waals surface area contributed by atoms with Crippen LogP contribution in [0.5, 0.6) is 0 Å². The third kappa shape index (κ3) is 4.44. The lowest BCUT2D eigenvalue weighted by atomic mass is 9.84. The van der Waals surface area contributed by atoms with Gasteiger partial charge in [-0.15, -0.1) is 0 Å². The van der Waals surface area contributed by atoms with Crippen LogP contribution in [0.25, 0.3) is 0 Å². The third-order valence-electron chi connectivity index (χ3n) is 4.16. The van der Waals surface area contributed by atoms with Crippen molar-refractivity contribution in [3.8, 4) is 0 Å². The van der Waals surface area contributed by atoms with E-state index in [9.17, 15) is 9.18 Å². The smallest absolute Gasteiger partial charge is 0.255 e. The molecule has 1 amide bonds. The van der Waals surface area contributed by atoms with Crippen LogP contribution in [0.3, 0.4) is 0 Å². The number of pyridine rings is 1. The van der Waals surface area contributed by atoms with Gasteiger partial charge in [0, 0.05) is 22.9 Å². The van der Waals surface area contributed by atoms with Gasteiger partial charge in [-0.3, -0.25) is 9.78 Å². The minimum Gasteiger partial charge on any atom is -0.319 e. The number of hydrogen-bond donors (Lipinski definition) is 1. The van der Waals surface area contributed by atoms with E-state index in [0.29, 0.717) is 5.56 Å². The molecule has 1 aromatic heterocycles. The zero-order valence-corrected chi connectivity index (χ0v) is 16.1. The van der Waals surface area contributed by atoms with Gasteiger partial charge >= 0.3 is 0 Å². The number of aromatic nitrogens is 1. The highest BCUT2D eigenvalue weighted by molar-refractivity contribution is 6.04. The van der Waals surface area contributed by atoms with Gasteiger partial charge in [0.2, 0.25) is 0 Å². The highest BCUT2D eigenvalue weighted by Crippen LogP contribution is 2.30. The van der Waals surface area contributed by atoms with Crippen molar-refractivity contribution in [3.05, 3.63) is 58.7 Å². The summed E-state index contributed by atoms with van der Waals surface area (Å²) >= 11 is 0. The van der Waals surface area contributed by atoms with Crippen LogP contribution in [-0.4, -0.2) is 10.9 Å². The molecule has 0 aliphatic rings. The van der Waals surface area contributed by atoms with E-state index in [2.05, 4.69) is 31.1 Å². The zero-order valence-electron chi connectivity index (χ0n) is 16.1. The second kappa shape index (κ2) is 6.58. The molecule has 0 radical (unpaired) electrons. The van der Waals surface area contributed by atoms with Crippen molar-refractivity contribution in [2.75, 3.05) is 5.32 Å². The summed E-state index contributed by atoms with van der Waals surface area (Å²) in [5, 5.41) is 2.70. The fourth-order valence-electron chi connectivity index (χ4n) is 2.75. The van der Waals surface area contributed by atoms with Crippen molar-refractivity contribution in [2.45, 2.75) is 59.3 Å². The first-order valence-corrected chi connectivity index (χ1v) is 8.48. The van der Waals surface area contributed by atoms with Crippen LogP contribution in [0, 0.1) is 12.7 Å². The molecule has 4 heteroatoms. The molecular formula is C21H27FN2O. The minimum atomic E-state index is -0.427. The van der Waals surface area contributed by atoms with Crippen LogP contribution in [0.4, 0.5) is 10.1 Å². The lowest BCUT2D eigenvalue weighted by Crippen LogP contribution is -2.19. The molecule has 0 unspecified atom stereocenters. The van der Waals surface area contributed by atoms with Crippen molar-refractivity contribution < 1.29 is 9.18 Å². The molecule has 3 nitrogen and oxygen atoms in total. The fourth-order valence-corrected chi connectivity index (χ4v) is 2.75. The maximum absolute atomic E-state index is 14.3. The van der Waals surface area contributed by atoms with E-state index in [-0.39, 0.29) is 22.4 Å². The topological polar surface area (TPSA) is 42.0 Å². The van der Waals surface area contributed by atoms with Crippen LogP contribution >= 0.6 is 0 Å². The van der Waals surface area contributed by atoms with E-state index < -0.39 is 5.82 Å². The first-order valence-electron chi connectivity index (χ1n) is 8.48. The SMILES string of the molecule is Cc1cc(F)c(NC(=O)c2ccnc(C(C)(C)C)c2)cc1C(C)(C)C. The number of carbonyl (C=O) groups is 1. The van der Waals surface area contributed by atoms with Crippen molar-refractivity contribution in [1.29, 1.82) is 0 Å². The lowest BCUT2D eigenvalue weighted by molar-refractivity contribution is 0.102. The predicted octanol–water partition coefficient (Wildman–Crippen LogP) is 5.38. The second-order valence-electron chi connectivity index (χ2n) is 8.53. The van der Waals surface area contributed by atoms with E-state index >= 15 is 0 Å². The molecule has 134 valence electrons. The molecule has 0 saturated heterocycles. The molecule has 0 bridgehead atoms. The molecular weight excluding hydrogens is 315 g/mol. The maximum Gasteiger partial charge on any atom is 0.255 e. The number of carbonyl (C=O) groups excluding carboxylic acids is 1. The van der Waals surface area contributed by atoms with E-state index in [0.717, 1.165) is 16.8 Å². The number of amides is 1. The van der Waals surface area contributed by atoms with Crippen molar-refractivity contribution in [1.82, 2.24) is 4.98 Å². The predicted molar refractivity (Wildman–Crippen MR) is 101 cm³/mol. The summed E-state index contributed by atoms with van der Waals surface area (Å²) in [5.41, 5.74) is 3.08. The zero-order chi connectivity index (χ0) is 19.0. The number of anilines is 1. The Bertz CT molecular complexity index is 799.